The van der Waals surface area contributed by atoms with Crippen LogP contribution in [0.25, 0.3) is 0 Å². The van der Waals surface area contributed by atoms with Crippen LogP contribution in [0.4, 0.5) is 0 Å². The molecule has 0 saturated heterocycles. The smallest absolute Gasteiger partial charge is 0.330 e. The van der Waals surface area contributed by atoms with Crippen LogP contribution in [0.1, 0.15) is 6.92 Å². The summed E-state index contributed by atoms with van der Waals surface area (Å²) in [5.74, 6) is -0.736. The Hall–Kier alpha value is -2.35. The highest BCUT2D eigenvalue weighted by Gasteiger charge is 1.99. The third-order valence-corrected chi connectivity index (χ3v) is 1.96. The van der Waals surface area contributed by atoms with E-state index < -0.39 is 5.97 Å². The molecule has 0 bridgehead atoms. The molecule has 18 heavy (non-hydrogen) atoms. The Morgan fingerprint density at radius 3 is 2.67 bits per heavy atom. The van der Waals surface area contributed by atoms with Crippen LogP contribution in [0, 0.1) is 11.3 Å². The number of allylic oxidation sites excluding steroid dienone is 3. The average Bonchev–Trinajstić information content (AvgIpc) is 2.33. The van der Waals surface area contributed by atoms with E-state index in [1.165, 1.54) is 13.0 Å². The maximum Gasteiger partial charge on any atom is 0.330 e. The second-order valence-corrected chi connectivity index (χ2v) is 3.44. The Bertz CT molecular complexity index is 416. The summed E-state index contributed by atoms with van der Waals surface area (Å²) in [7, 11) is 1.78. The highest BCUT2D eigenvalue weighted by Crippen LogP contribution is 1.95. The van der Waals surface area contributed by atoms with Crippen molar-refractivity contribution in [2.75, 3.05) is 20.2 Å². The molecular formula is C13H16N2O3. The van der Waals surface area contributed by atoms with Gasteiger partial charge in [0.2, 0.25) is 0 Å². The SMILES string of the molecule is C=CC(=O)OCCN(C)/C=C/C=C(\C#N)C(C)=O. The lowest BCUT2D eigenvalue weighted by molar-refractivity contribution is -0.137. The largest absolute Gasteiger partial charge is 0.461 e. The van der Waals surface area contributed by atoms with Crippen LogP contribution in [0.3, 0.4) is 0 Å². The quantitative estimate of drug-likeness (QED) is 0.293. The molecule has 0 aliphatic heterocycles. The van der Waals surface area contributed by atoms with Crippen LogP contribution in [-0.4, -0.2) is 36.9 Å². The number of nitrogens with zero attached hydrogens (tertiary/aromatic N) is 2. The molecule has 0 unspecified atom stereocenters. The van der Waals surface area contributed by atoms with E-state index in [9.17, 15) is 9.59 Å². The molecule has 0 rings (SSSR count). The lowest BCUT2D eigenvalue weighted by Crippen LogP contribution is -2.18. The molecule has 5 nitrogen and oxygen atoms in total. The van der Waals surface area contributed by atoms with E-state index >= 15 is 0 Å². The fourth-order valence-electron chi connectivity index (χ4n) is 0.943. The first-order valence-corrected chi connectivity index (χ1v) is 5.30. The Morgan fingerprint density at radius 2 is 2.17 bits per heavy atom. The van der Waals surface area contributed by atoms with Gasteiger partial charge in [-0.3, -0.25) is 4.79 Å². The van der Waals surface area contributed by atoms with Crippen LogP contribution in [0.15, 0.2) is 36.6 Å². The second kappa shape index (κ2) is 8.76. The van der Waals surface area contributed by atoms with Gasteiger partial charge in [0.15, 0.2) is 5.78 Å². The summed E-state index contributed by atoms with van der Waals surface area (Å²) < 4.78 is 4.79. The zero-order valence-electron chi connectivity index (χ0n) is 10.5. The molecule has 0 aromatic rings. The van der Waals surface area contributed by atoms with E-state index in [4.69, 9.17) is 10.00 Å². The third-order valence-electron chi connectivity index (χ3n) is 1.96. The van der Waals surface area contributed by atoms with Gasteiger partial charge in [0, 0.05) is 13.1 Å². The van der Waals surface area contributed by atoms with Gasteiger partial charge < -0.3 is 9.64 Å². The lowest BCUT2D eigenvalue weighted by Gasteiger charge is -2.12. The first kappa shape index (κ1) is 15.7. The Kier molecular flexibility index (Phi) is 7.62. The van der Waals surface area contributed by atoms with Gasteiger partial charge in [0.05, 0.1) is 12.1 Å². The van der Waals surface area contributed by atoms with Crippen molar-refractivity contribution in [1.29, 1.82) is 5.26 Å². The molecule has 0 amide bonds. The number of carbonyl (C=O) groups excluding carboxylic acids is 2. The molecule has 0 radical (unpaired) electrons. The van der Waals surface area contributed by atoms with Crippen molar-refractivity contribution >= 4 is 11.8 Å². The Morgan fingerprint density at radius 1 is 1.50 bits per heavy atom. The minimum Gasteiger partial charge on any atom is -0.461 e. The zero-order chi connectivity index (χ0) is 14.0. The maximum absolute atomic E-state index is 10.9. The summed E-state index contributed by atoms with van der Waals surface area (Å²) in [6.45, 7) is 5.36. The Balaban J connectivity index is 4.12. The monoisotopic (exact) mass is 248 g/mol. The van der Waals surface area contributed by atoms with Crippen molar-refractivity contribution in [3.05, 3.63) is 36.6 Å². The van der Waals surface area contributed by atoms with Gasteiger partial charge in [0.25, 0.3) is 0 Å². The topological polar surface area (TPSA) is 70.4 Å². The first-order valence-electron chi connectivity index (χ1n) is 5.30. The predicted molar refractivity (Wildman–Crippen MR) is 67.3 cm³/mol. The van der Waals surface area contributed by atoms with Gasteiger partial charge in [-0.05, 0) is 25.3 Å². The minimum absolute atomic E-state index is 0.0951. The number of carbonyl (C=O) groups is 2. The number of hydrogen-bond acceptors (Lipinski definition) is 5. The molecule has 0 aliphatic rings. The molecule has 96 valence electrons. The molecule has 0 N–H and O–H groups in total. The van der Waals surface area contributed by atoms with Gasteiger partial charge in [0.1, 0.15) is 12.7 Å². The molecule has 0 atom stereocenters. The van der Waals surface area contributed by atoms with Crippen LogP contribution in [0.5, 0.6) is 0 Å². The molecule has 0 aromatic heterocycles. The number of Topliss-reactive ketones (excluding diaryl/α,β-unsaturated/α-hetero) is 1. The van der Waals surface area contributed by atoms with Crippen molar-refractivity contribution in [1.82, 2.24) is 4.90 Å². The maximum atomic E-state index is 10.9. The van der Waals surface area contributed by atoms with Gasteiger partial charge in [-0.15, -0.1) is 0 Å². The number of esters is 1. The van der Waals surface area contributed by atoms with Gasteiger partial charge >= 0.3 is 5.97 Å². The van der Waals surface area contributed by atoms with E-state index in [2.05, 4.69) is 6.58 Å². The van der Waals surface area contributed by atoms with Crippen molar-refractivity contribution in [3.8, 4) is 6.07 Å². The summed E-state index contributed by atoms with van der Waals surface area (Å²) in [6, 6.07) is 1.80. The molecule has 5 heteroatoms. The third kappa shape index (κ3) is 7.01. The normalized spacial score (nSPS) is 10.8. The van der Waals surface area contributed by atoms with Gasteiger partial charge in [-0.1, -0.05) is 6.58 Å². The molecule has 0 spiro atoms. The minimum atomic E-state index is -0.462. The van der Waals surface area contributed by atoms with Gasteiger partial charge in [-0.25, -0.2) is 4.79 Å². The molecule has 0 aromatic carbocycles. The number of ether oxygens (including phenoxy) is 1. The zero-order valence-corrected chi connectivity index (χ0v) is 10.5. The molecule has 0 fully saturated rings. The van der Waals surface area contributed by atoms with Crippen LogP contribution in [-0.2, 0) is 14.3 Å². The average molecular weight is 248 g/mol. The summed E-state index contributed by atoms with van der Waals surface area (Å²) >= 11 is 0. The summed E-state index contributed by atoms with van der Waals surface area (Å²) in [5, 5.41) is 8.64. The number of hydrogen-bond donors (Lipinski definition) is 0. The first-order chi connectivity index (χ1) is 8.51. The summed E-state index contributed by atoms with van der Waals surface area (Å²) in [6.07, 6.45) is 5.82. The van der Waals surface area contributed by atoms with Crippen LogP contribution < -0.4 is 0 Å². The van der Waals surface area contributed by atoms with E-state index in [1.54, 1.807) is 30.3 Å². The van der Waals surface area contributed by atoms with Crippen molar-refractivity contribution in [2.24, 2.45) is 0 Å². The molecule has 0 aliphatic carbocycles. The molecular weight excluding hydrogens is 232 g/mol. The predicted octanol–water partition coefficient (Wildman–Crippen LogP) is 1.20. The summed E-state index contributed by atoms with van der Waals surface area (Å²) in [5.41, 5.74) is 0.0951. The molecule has 0 saturated carbocycles. The fourth-order valence-corrected chi connectivity index (χ4v) is 0.943. The van der Waals surface area contributed by atoms with E-state index in [0.29, 0.717) is 6.54 Å². The van der Waals surface area contributed by atoms with Crippen LogP contribution in [0.2, 0.25) is 0 Å². The second-order valence-electron chi connectivity index (χ2n) is 3.44. The van der Waals surface area contributed by atoms with E-state index in [1.807, 2.05) is 0 Å². The van der Waals surface area contributed by atoms with Gasteiger partial charge in [-0.2, -0.15) is 5.26 Å². The molecule has 0 heterocycles. The fraction of sp³-hybridized carbons (Fsp3) is 0.308. The summed E-state index contributed by atoms with van der Waals surface area (Å²) in [4.78, 5) is 23.4. The number of likely N-dealkylation sites (N-methyl/N-ethyl adjacent to an activating group) is 1. The van der Waals surface area contributed by atoms with E-state index in [0.717, 1.165) is 6.08 Å². The highest BCUT2D eigenvalue weighted by molar-refractivity contribution is 5.97. The number of rotatable bonds is 7. The van der Waals surface area contributed by atoms with E-state index in [-0.39, 0.29) is 18.0 Å². The Labute approximate surface area is 107 Å². The lowest BCUT2D eigenvalue weighted by atomic mass is 10.2. The highest BCUT2D eigenvalue weighted by atomic mass is 16.5. The number of ketones is 1. The van der Waals surface area contributed by atoms with Crippen LogP contribution >= 0.6 is 0 Å². The van der Waals surface area contributed by atoms with Crippen molar-refractivity contribution < 1.29 is 14.3 Å². The van der Waals surface area contributed by atoms with Crippen molar-refractivity contribution in [3.63, 3.8) is 0 Å². The van der Waals surface area contributed by atoms with Crippen molar-refractivity contribution in [2.45, 2.75) is 6.92 Å². The standard InChI is InChI=1S/C13H16N2O3/c1-4-13(17)18-9-8-15(3)7-5-6-12(10-14)11(2)16/h4-7H,1,8-9H2,2-3H3/b7-5+,12-6+. The number of nitriles is 1.